The van der Waals surface area contributed by atoms with Crippen molar-refractivity contribution in [3.8, 4) is 0 Å². The number of nitrogens with zero attached hydrogens (tertiary/aromatic N) is 1. The molecule has 1 rings (SSSR count). The zero-order valence-electron chi connectivity index (χ0n) is 8.91. The molecule has 2 N–H and O–H groups in total. The van der Waals surface area contributed by atoms with Gasteiger partial charge in [-0.3, -0.25) is 9.21 Å². The summed E-state index contributed by atoms with van der Waals surface area (Å²) < 4.78 is 1.05. The zero-order valence-corrected chi connectivity index (χ0v) is 9.67. The number of hydrogen-bond donors (Lipinski definition) is 2. The van der Waals surface area contributed by atoms with Crippen molar-refractivity contribution in [2.24, 2.45) is 0 Å². The van der Waals surface area contributed by atoms with Crippen LogP contribution in [0, 0.1) is 0 Å². The minimum absolute atomic E-state index is 0.0525. The van der Waals surface area contributed by atoms with Gasteiger partial charge in [0.15, 0.2) is 0 Å². The maximum absolute atomic E-state index is 11.0. The van der Waals surface area contributed by atoms with Crippen LogP contribution < -0.4 is 4.42 Å². The van der Waals surface area contributed by atoms with Crippen LogP contribution in [0.25, 0.3) is 0 Å². The molecule has 92 valence electrons. The number of halogens is 1. The summed E-state index contributed by atoms with van der Waals surface area (Å²) in [6.45, 7) is 0. The largest absolute Gasteiger partial charge is 0.481 e. The Balaban J connectivity index is 2.77. The molecule has 5 nitrogen and oxygen atoms in total. The standard InChI is InChI=1S/C11H12ClNO4/c12-13(8-4-2-1-3-5-8)9(11(16)17)6-7-10(14)15/h1-5,9H,6-7H2,(H,14,15)(H,16,17)/t9-/m0/s1. The molecule has 0 bridgehead atoms. The van der Waals surface area contributed by atoms with E-state index in [1.54, 1.807) is 30.3 Å². The lowest BCUT2D eigenvalue weighted by Gasteiger charge is -2.22. The lowest BCUT2D eigenvalue weighted by molar-refractivity contribution is -0.139. The summed E-state index contributed by atoms with van der Waals surface area (Å²) in [7, 11) is 0. The molecular weight excluding hydrogens is 246 g/mol. The van der Waals surface area contributed by atoms with Gasteiger partial charge in [-0.25, -0.2) is 4.79 Å². The van der Waals surface area contributed by atoms with Crippen LogP contribution >= 0.6 is 11.8 Å². The first kappa shape index (κ1) is 13.3. The first-order chi connectivity index (χ1) is 8.02. The Bertz CT molecular complexity index is 396. The van der Waals surface area contributed by atoms with E-state index >= 15 is 0 Å². The molecule has 0 saturated carbocycles. The summed E-state index contributed by atoms with van der Waals surface area (Å²) in [5.74, 6) is -2.19. The van der Waals surface area contributed by atoms with Gasteiger partial charge in [-0.1, -0.05) is 18.2 Å². The summed E-state index contributed by atoms with van der Waals surface area (Å²) >= 11 is 5.91. The summed E-state index contributed by atoms with van der Waals surface area (Å²) in [4.78, 5) is 21.4. The molecule has 1 atom stereocenters. The van der Waals surface area contributed by atoms with Gasteiger partial charge in [-0.15, -0.1) is 0 Å². The highest BCUT2D eigenvalue weighted by Crippen LogP contribution is 2.21. The molecule has 1 aromatic rings. The van der Waals surface area contributed by atoms with Crippen LogP contribution in [-0.2, 0) is 9.59 Å². The van der Waals surface area contributed by atoms with Crippen molar-refractivity contribution in [2.75, 3.05) is 4.42 Å². The van der Waals surface area contributed by atoms with Gasteiger partial charge in [0.25, 0.3) is 0 Å². The Morgan fingerprint density at radius 1 is 1.24 bits per heavy atom. The van der Waals surface area contributed by atoms with Crippen molar-refractivity contribution in [3.63, 3.8) is 0 Å². The van der Waals surface area contributed by atoms with E-state index in [1.807, 2.05) is 0 Å². The third kappa shape index (κ3) is 3.96. The lowest BCUT2D eigenvalue weighted by atomic mass is 10.1. The molecule has 0 aliphatic heterocycles. The van der Waals surface area contributed by atoms with Gasteiger partial charge in [0.1, 0.15) is 6.04 Å². The highest BCUT2D eigenvalue weighted by Gasteiger charge is 2.25. The Hall–Kier alpha value is -1.75. The molecule has 0 aliphatic carbocycles. The predicted molar refractivity (Wildman–Crippen MR) is 63.1 cm³/mol. The molecule has 1 aromatic carbocycles. The fourth-order valence-corrected chi connectivity index (χ4v) is 1.64. The summed E-state index contributed by atoms with van der Waals surface area (Å²) in [5, 5.41) is 17.5. The van der Waals surface area contributed by atoms with Crippen molar-refractivity contribution < 1.29 is 19.8 Å². The highest BCUT2D eigenvalue weighted by molar-refractivity contribution is 6.27. The lowest BCUT2D eigenvalue weighted by Crippen LogP contribution is -2.35. The van der Waals surface area contributed by atoms with E-state index in [1.165, 1.54) is 0 Å². The fraction of sp³-hybridized carbons (Fsp3) is 0.273. The van der Waals surface area contributed by atoms with Crippen molar-refractivity contribution in [1.29, 1.82) is 0 Å². The molecule has 0 saturated heterocycles. The molecule has 0 radical (unpaired) electrons. The second-order valence-corrected chi connectivity index (χ2v) is 3.80. The second kappa shape index (κ2) is 6.10. The summed E-state index contributed by atoms with van der Waals surface area (Å²) in [6, 6.07) is 7.48. The number of carboxylic acids is 2. The second-order valence-electron chi connectivity index (χ2n) is 3.43. The molecule has 0 amide bonds. The van der Waals surface area contributed by atoms with Crippen molar-refractivity contribution in [1.82, 2.24) is 0 Å². The third-order valence-corrected chi connectivity index (χ3v) is 2.62. The molecule has 0 aromatic heterocycles. The van der Waals surface area contributed by atoms with E-state index in [0.717, 1.165) is 4.42 Å². The first-order valence-corrected chi connectivity index (χ1v) is 5.31. The number of carboxylic acid groups (broad SMARTS) is 2. The SMILES string of the molecule is O=C(O)CC[C@@H](C(=O)O)N(Cl)c1ccccc1. The molecule has 17 heavy (non-hydrogen) atoms. The first-order valence-electron chi connectivity index (χ1n) is 4.97. The van der Waals surface area contributed by atoms with E-state index < -0.39 is 18.0 Å². The van der Waals surface area contributed by atoms with E-state index in [-0.39, 0.29) is 12.8 Å². The zero-order chi connectivity index (χ0) is 12.8. The van der Waals surface area contributed by atoms with Crippen molar-refractivity contribution in [2.45, 2.75) is 18.9 Å². The van der Waals surface area contributed by atoms with Crippen molar-refractivity contribution in [3.05, 3.63) is 30.3 Å². The Morgan fingerprint density at radius 2 is 1.82 bits per heavy atom. The van der Waals surface area contributed by atoms with Crippen molar-refractivity contribution >= 4 is 29.4 Å². The molecular formula is C11H12ClNO4. The average molecular weight is 258 g/mol. The normalized spacial score (nSPS) is 11.8. The topological polar surface area (TPSA) is 77.8 Å². The van der Waals surface area contributed by atoms with Gasteiger partial charge in [0, 0.05) is 18.2 Å². The number of benzene rings is 1. The van der Waals surface area contributed by atoms with Gasteiger partial charge in [0.05, 0.1) is 5.69 Å². The molecule has 0 aliphatic rings. The summed E-state index contributed by atoms with van der Waals surface area (Å²) in [6.07, 6.45) is -0.296. The van der Waals surface area contributed by atoms with E-state index in [4.69, 9.17) is 22.0 Å². The van der Waals surface area contributed by atoms with E-state index in [9.17, 15) is 9.59 Å². The highest BCUT2D eigenvalue weighted by atomic mass is 35.5. The van der Waals surface area contributed by atoms with Gasteiger partial charge < -0.3 is 10.2 Å². The van der Waals surface area contributed by atoms with Crippen LogP contribution in [-0.4, -0.2) is 28.2 Å². The minimum Gasteiger partial charge on any atom is -0.481 e. The number of para-hydroxylation sites is 1. The monoisotopic (exact) mass is 257 g/mol. The smallest absolute Gasteiger partial charge is 0.327 e. The number of anilines is 1. The molecule has 6 heteroatoms. The van der Waals surface area contributed by atoms with Gasteiger partial charge in [-0.2, -0.15) is 0 Å². The maximum Gasteiger partial charge on any atom is 0.327 e. The number of hydrogen-bond acceptors (Lipinski definition) is 3. The molecule has 0 unspecified atom stereocenters. The summed E-state index contributed by atoms with van der Waals surface area (Å²) in [5.41, 5.74) is 0.520. The molecule has 0 heterocycles. The predicted octanol–water partition coefficient (Wildman–Crippen LogP) is 1.96. The van der Waals surface area contributed by atoms with Crippen LogP contribution in [0.4, 0.5) is 5.69 Å². The Labute approximate surface area is 103 Å². The Morgan fingerprint density at radius 3 is 2.29 bits per heavy atom. The van der Waals surface area contributed by atoms with Gasteiger partial charge in [0.2, 0.25) is 0 Å². The van der Waals surface area contributed by atoms with Crippen LogP contribution in [0.3, 0.4) is 0 Å². The number of aliphatic carboxylic acids is 2. The van der Waals surface area contributed by atoms with Gasteiger partial charge >= 0.3 is 11.9 Å². The molecule has 0 fully saturated rings. The van der Waals surface area contributed by atoms with E-state index in [0.29, 0.717) is 5.69 Å². The van der Waals surface area contributed by atoms with E-state index in [2.05, 4.69) is 0 Å². The molecule has 0 spiro atoms. The number of carbonyl (C=O) groups is 2. The van der Waals surface area contributed by atoms with Crippen LogP contribution in [0.1, 0.15) is 12.8 Å². The van der Waals surface area contributed by atoms with Crippen LogP contribution in [0.5, 0.6) is 0 Å². The average Bonchev–Trinajstić information content (AvgIpc) is 2.29. The fourth-order valence-electron chi connectivity index (χ4n) is 1.34. The van der Waals surface area contributed by atoms with Crippen LogP contribution in [0.15, 0.2) is 30.3 Å². The van der Waals surface area contributed by atoms with Gasteiger partial charge in [-0.05, 0) is 18.6 Å². The minimum atomic E-state index is -1.15. The quantitative estimate of drug-likeness (QED) is 0.762. The third-order valence-electron chi connectivity index (χ3n) is 2.19. The van der Waals surface area contributed by atoms with Crippen LogP contribution in [0.2, 0.25) is 0 Å². The number of rotatable bonds is 6. The Kier molecular flexibility index (Phi) is 4.78. The maximum atomic E-state index is 11.0.